The topological polar surface area (TPSA) is 16.4 Å². The number of para-hydroxylation sites is 3. The van der Waals surface area contributed by atoms with Crippen LogP contribution in [-0.4, -0.2) is 0 Å². The molecule has 0 fully saturated rings. The van der Waals surface area contributed by atoms with Crippen LogP contribution in [0.3, 0.4) is 0 Å². The van der Waals surface area contributed by atoms with Crippen LogP contribution in [0, 0.1) is 0 Å². The van der Waals surface area contributed by atoms with Gasteiger partial charge in [0.2, 0.25) is 0 Å². The third kappa shape index (κ3) is 3.27. The minimum absolute atomic E-state index is 0.885. The van der Waals surface area contributed by atoms with Crippen LogP contribution in [0.25, 0.3) is 43.8 Å². The molecule has 0 aliphatic carbocycles. The molecule has 2 heteroatoms. The van der Waals surface area contributed by atoms with E-state index in [-0.39, 0.29) is 0 Å². The van der Waals surface area contributed by atoms with Gasteiger partial charge in [-0.25, -0.2) is 0 Å². The summed E-state index contributed by atoms with van der Waals surface area (Å²) in [6.45, 7) is 0. The fraction of sp³-hybridized carbons (Fsp3) is 0. The van der Waals surface area contributed by atoms with Gasteiger partial charge in [0.25, 0.3) is 0 Å². The first kappa shape index (κ1) is 20.5. The van der Waals surface area contributed by atoms with E-state index in [1.165, 1.54) is 21.9 Å². The standard InChI is InChI=1S/C34H23NO/c1-4-13-24(14-5-1)30-23-32-33(28-20-11-10-19-27(28)30)29-21-12-22-31(34(29)36-32)35(25-15-6-2-7-16-25)26-17-8-3-9-18-26/h1-23H. The van der Waals surface area contributed by atoms with Gasteiger partial charge in [0, 0.05) is 22.1 Å². The summed E-state index contributed by atoms with van der Waals surface area (Å²) in [7, 11) is 0. The van der Waals surface area contributed by atoms with Crippen LogP contribution in [-0.2, 0) is 0 Å². The quantitative estimate of drug-likeness (QED) is 0.259. The maximum absolute atomic E-state index is 6.74. The number of rotatable bonds is 4. The first-order valence-corrected chi connectivity index (χ1v) is 12.2. The minimum Gasteiger partial charge on any atom is -0.454 e. The maximum atomic E-state index is 6.74. The van der Waals surface area contributed by atoms with Crippen molar-refractivity contribution < 1.29 is 4.42 Å². The van der Waals surface area contributed by atoms with Crippen LogP contribution >= 0.6 is 0 Å². The second-order valence-electron chi connectivity index (χ2n) is 8.97. The fourth-order valence-electron chi connectivity index (χ4n) is 5.26. The Morgan fingerprint density at radius 2 is 1.03 bits per heavy atom. The molecule has 0 amide bonds. The zero-order valence-corrected chi connectivity index (χ0v) is 19.6. The zero-order valence-electron chi connectivity index (χ0n) is 19.6. The molecule has 1 heterocycles. The summed E-state index contributed by atoms with van der Waals surface area (Å²) in [6.07, 6.45) is 0. The van der Waals surface area contributed by atoms with E-state index < -0.39 is 0 Å². The van der Waals surface area contributed by atoms with Crippen LogP contribution in [0.2, 0.25) is 0 Å². The van der Waals surface area contributed by atoms with Crippen molar-refractivity contribution in [3.8, 4) is 11.1 Å². The molecule has 7 rings (SSSR count). The maximum Gasteiger partial charge on any atom is 0.159 e. The Bertz CT molecular complexity index is 1780. The zero-order chi connectivity index (χ0) is 23.9. The van der Waals surface area contributed by atoms with E-state index in [1.807, 2.05) is 12.1 Å². The smallest absolute Gasteiger partial charge is 0.159 e. The normalized spacial score (nSPS) is 11.3. The lowest BCUT2D eigenvalue weighted by molar-refractivity contribution is 0.669. The molecule has 1 aromatic heterocycles. The Morgan fingerprint density at radius 1 is 0.472 bits per heavy atom. The molecule has 0 bridgehead atoms. The summed E-state index contributed by atoms with van der Waals surface area (Å²) in [5.41, 5.74) is 7.35. The van der Waals surface area contributed by atoms with Gasteiger partial charge >= 0.3 is 0 Å². The summed E-state index contributed by atoms with van der Waals surface area (Å²) in [5, 5.41) is 4.71. The van der Waals surface area contributed by atoms with Gasteiger partial charge in [0.15, 0.2) is 5.58 Å². The van der Waals surface area contributed by atoms with Gasteiger partial charge in [-0.15, -0.1) is 0 Å². The van der Waals surface area contributed by atoms with Crippen molar-refractivity contribution in [1.82, 2.24) is 0 Å². The monoisotopic (exact) mass is 461 g/mol. The number of furan rings is 1. The Kier molecular flexibility index (Phi) is 4.82. The molecule has 0 spiro atoms. The minimum atomic E-state index is 0.885. The van der Waals surface area contributed by atoms with Gasteiger partial charge < -0.3 is 9.32 Å². The van der Waals surface area contributed by atoms with Crippen LogP contribution in [0.15, 0.2) is 144 Å². The van der Waals surface area contributed by atoms with Gasteiger partial charge in [-0.1, -0.05) is 103 Å². The lowest BCUT2D eigenvalue weighted by Crippen LogP contribution is -2.09. The molecule has 170 valence electrons. The molecule has 0 atom stereocenters. The van der Waals surface area contributed by atoms with Gasteiger partial charge in [0.1, 0.15) is 5.58 Å². The summed E-state index contributed by atoms with van der Waals surface area (Å²) >= 11 is 0. The van der Waals surface area contributed by atoms with E-state index in [1.54, 1.807) is 0 Å². The Labute approximate surface area is 209 Å². The highest BCUT2D eigenvalue weighted by Crippen LogP contribution is 2.45. The number of benzene rings is 6. The molecule has 6 aromatic carbocycles. The lowest BCUT2D eigenvalue weighted by Gasteiger charge is -2.25. The Hall–Kier alpha value is -4.82. The third-order valence-electron chi connectivity index (χ3n) is 6.84. The average molecular weight is 462 g/mol. The highest BCUT2D eigenvalue weighted by atomic mass is 16.3. The molecule has 0 aliphatic rings. The molecule has 0 N–H and O–H groups in total. The largest absolute Gasteiger partial charge is 0.454 e. The molecule has 0 aliphatic heterocycles. The molecular formula is C34H23NO. The van der Waals surface area contributed by atoms with Crippen molar-refractivity contribution in [2.24, 2.45) is 0 Å². The van der Waals surface area contributed by atoms with E-state index in [4.69, 9.17) is 4.42 Å². The van der Waals surface area contributed by atoms with Crippen molar-refractivity contribution in [2.45, 2.75) is 0 Å². The van der Waals surface area contributed by atoms with E-state index in [0.717, 1.165) is 39.0 Å². The van der Waals surface area contributed by atoms with Crippen molar-refractivity contribution in [3.63, 3.8) is 0 Å². The number of hydrogen-bond acceptors (Lipinski definition) is 2. The van der Waals surface area contributed by atoms with Crippen LogP contribution in [0.5, 0.6) is 0 Å². The Morgan fingerprint density at radius 3 is 1.69 bits per heavy atom. The van der Waals surface area contributed by atoms with Crippen molar-refractivity contribution in [2.75, 3.05) is 4.90 Å². The molecular weight excluding hydrogens is 438 g/mol. The highest BCUT2D eigenvalue weighted by Gasteiger charge is 2.21. The molecule has 0 saturated heterocycles. The van der Waals surface area contributed by atoms with Crippen LogP contribution in [0.1, 0.15) is 0 Å². The van der Waals surface area contributed by atoms with E-state index in [0.29, 0.717) is 0 Å². The van der Waals surface area contributed by atoms with E-state index >= 15 is 0 Å². The first-order chi connectivity index (χ1) is 17.9. The van der Waals surface area contributed by atoms with Gasteiger partial charge in [-0.2, -0.15) is 0 Å². The summed E-state index contributed by atoms with van der Waals surface area (Å²) in [6, 6.07) is 48.8. The highest BCUT2D eigenvalue weighted by molar-refractivity contribution is 6.23. The Balaban J connectivity index is 1.56. The van der Waals surface area contributed by atoms with Crippen molar-refractivity contribution in [1.29, 1.82) is 0 Å². The number of nitrogens with zero attached hydrogens (tertiary/aromatic N) is 1. The molecule has 0 radical (unpaired) electrons. The van der Waals surface area contributed by atoms with Crippen LogP contribution < -0.4 is 4.90 Å². The van der Waals surface area contributed by atoms with Crippen LogP contribution in [0.4, 0.5) is 17.1 Å². The fourth-order valence-corrected chi connectivity index (χ4v) is 5.26. The summed E-state index contributed by atoms with van der Waals surface area (Å²) in [5.74, 6) is 0. The average Bonchev–Trinajstić information content (AvgIpc) is 3.34. The molecule has 0 saturated carbocycles. The predicted molar refractivity (Wildman–Crippen MR) is 151 cm³/mol. The number of fused-ring (bicyclic) bond motifs is 5. The lowest BCUT2D eigenvalue weighted by atomic mass is 9.95. The second kappa shape index (κ2) is 8.44. The summed E-state index contributed by atoms with van der Waals surface area (Å²) < 4.78 is 6.74. The van der Waals surface area contributed by atoms with Gasteiger partial charge in [-0.05, 0) is 58.3 Å². The third-order valence-corrected chi connectivity index (χ3v) is 6.84. The SMILES string of the molecule is c1ccc(-c2cc3oc4c(N(c5ccccc5)c5ccccc5)cccc4c3c3ccccc23)cc1. The van der Waals surface area contributed by atoms with E-state index in [2.05, 4.69) is 132 Å². The van der Waals surface area contributed by atoms with Crippen molar-refractivity contribution in [3.05, 3.63) is 140 Å². The van der Waals surface area contributed by atoms with Gasteiger partial charge in [0.05, 0.1) is 5.69 Å². The summed E-state index contributed by atoms with van der Waals surface area (Å²) in [4.78, 5) is 2.27. The predicted octanol–water partition coefficient (Wildman–Crippen LogP) is 9.88. The van der Waals surface area contributed by atoms with Crippen molar-refractivity contribution >= 4 is 49.8 Å². The molecule has 7 aromatic rings. The first-order valence-electron chi connectivity index (χ1n) is 12.2. The number of hydrogen-bond donors (Lipinski definition) is 0. The molecule has 2 nitrogen and oxygen atoms in total. The van der Waals surface area contributed by atoms with E-state index in [9.17, 15) is 0 Å². The number of anilines is 3. The molecule has 0 unspecified atom stereocenters. The molecule has 36 heavy (non-hydrogen) atoms. The second-order valence-corrected chi connectivity index (χ2v) is 8.97. The van der Waals surface area contributed by atoms with Gasteiger partial charge in [-0.3, -0.25) is 0 Å².